The van der Waals surface area contributed by atoms with Crippen molar-refractivity contribution in [2.24, 2.45) is 5.92 Å². The number of ether oxygens (including phenoxy) is 1. The van der Waals surface area contributed by atoms with Gasteiger partial charge in [-0.3, -0.25) is 4.79 Å². The normalized spacial score (nSPS) is 19.3. The van der Waals surface area contributed by atoms with E-state index in [0.29, 0.717) is 17.4 Å². The number of carbonyl (C=O) groups excluding carboxylic acids is 1. The number of hydrogen-bond acceptors (Lipinski definition) is 5. The van der Waals surface area contributed by atoms with Gasteiger partial charge in [-0.05, 0) is 50.1 Å². The van der Waals surface area contributed by atoms with Gasteiger partial charge in [0, 0.05) is 45.8 Å². The second kappa shape index (κ2) is 9.37. The second-order valence-corrected chi connectivity index (χ2v) is 8.13. The number of rotatable bonds is 5. The summed E-state index contributed by atoms with van der Waals surface area (Å²) < 4.78 is 5.76. The van der Waals surface area contributed by atoms with E-state index in [1.807, 2.05) is 41.3 Å². The lowest BCUT2D eigenvalue weighted by molar-refractivity contribution is 0.0638. The smallest absolute Gasteiger partial charge is 0.272 e. The van der Waals surface area contributed by atoms with Gasteiger partial charge >= 0.3 is 0 Å². The number of nitrogens with zero attached hydrogens (tertiary/aromatic N) is 4. The zero-order valence-electron chi connectivity index (χ0n) is 17.2. The van der Waals surface area contributed by atoms with Crippen LogP contribution >= 0.6 is 0 Å². The summed E-state index contributed by atoms with van der Waals surface area (Å²) in [5.41, 5.74) is 0.489. The number of carbonyl (C=O) groups is 1. The van der Waals surface area contributed by atoms with E-state index < -0.39 is 0 Å². The Morgan fingerprint density at radius 2 is 1.69 bits per heavy atom. The van der Waals surface area contributed by atoms with Gasteiger partial charge < -0.3 is 19.4 Å². The molecule has 1 aromatic heterocycles. The van der Waals surface area contributed by atoms with E-state index >= 15 is 0 Å². The lowest BCUT2D eigenvalue weighted by atomic mass is 9.95. The molecule has 0 unspecified atom stereocenters. The van der Waals surface area contributed by atoms with Crippen molar-refractivity contribution in [1.29, 1.82) is 0 Å². The van der Waals surface area contributed by atoms with E-state index in [9.17, 15) is 4.79 Å². The maximum atomic E-state index is 12.8. The van der Waals surface area contributed by atoms with Crippen LogP contribution in [0.15, 0.2) is 48.7 Å². The molecule has 29 heavy (non-hydrogen) atoms. The molecule has 0 spiro atoms. The van der Waals surface area contributed by atoms with Crippen LogP contribution in [-0.2, 0) is 0 Å². The van der Waals surface area contributed by atoms with Gasteiger partial charge in [0.2, 0.25) is 0 Å². The summed E-state index contributed by atoms with van der Waals surface area (Å²) in [4.78, 5) is 24.1. The molecule has 0 saturated carbocycles. The predicted octanol–water partition coefficient (Wildman–Crippen LogP) is 2.97. The Kier molecular flexibility index (Phi) is 6.42. The summed E-state index contributed by atoms with van der Waals surface area (Å²) in [5.74, 6) is 2.11. The summed E-state index contributed by atoms with van der Waals surface area (Å²) in [7, 11) is 2.19. The Labute approximate surface area is 173 Å². The summed E-state index contributed by atoms with van der Waals surface area (Å²) in [6.45, 7) is 7.45. The first-order valence-electron chi connectivity index (χ1n) is 10.6. The lowest BCUT2D eigenvalue weighted by Gasteiger charge is -2.37. The number of aromatic nitrogens is 1. The molecule has 2 saturated heterocycles. The zero-order chi connectivity index (χ0) is 20.1. The van der Waals surface area contributed by atoms with Crippen LogP contribution in [0.1, 0.15) is 23.3 Å². The van der Waals surface area contributed by atoms with Gasteiger partial charge in [-0.25, -0.2) is 4.98 Å². The van der Waals surface area contributed by atoms with E-state index in [-0.39, 0.29) is 5.91 Å². The van der Waals surface area contributed by atoms with Crippen LogP contribution < -0.4 is 4.74 Å². The third kappa shape index (κ3) is 5.34. The van der Waals surface area contributed by atoms with E-state index in [0.717, 1.165) is 57.9 Å². The highest BCUT2D eigenvalue weighted by Crippen LogP contribution is 2.22. The van der Waals surface area contributed by atoms with Crippen LogP contribution in [0.5, 0.6) is 11.5 Å². The molecule has 2 aliphatic rings. The van der Waals surface area contributed by atoms with Gasteiger partial charge in [0.15, 0.2) is 0 Å². The molecule has 6 nitrogen and oxygen atoms in total. The quantitative estimate of drug-likeness (QED) is 0.780. The van der Waals surface area contributed by atoms with Crippen LogP contribution in [0.4, 0.5) is 0 Å². The van der Waals surface area contributed by atoms with Gasteiger partial charge in [-0.15, -0.1) is 0 Å². The number of para-hydroxylation sites is 1. The van der Waals surface area contributed by atoms with Crippen molar-refractivity contribution in [3.8, 4) is 11.5 Å². The van der Waals surface area contributed by atoms with E-state index in [2.05, 4.69) is 21.8 Å². The highest BCUT2D eigenvalue weighted by Gasteiger charge is 2.26. The SMILES string of the molecule is CN1CCN(CC2CCN(C(=O)c3ccc(Oc4ccccc4)cn3)CC2)CC1. The average Bonchev–Trinajstić information content (AvgIpc) is 2.77. The Morgan fingerprint density at radius 3 is 2.34 bits per heavy atom. The van der Waals surface area contributed by atoms with Gasteiger partial charge in [0.25, 0.3) is 5.91 Å². The van der Waals surface area contributed by atoms with Gasteiger partial charge in [0.05, 0.1) is 6.20 Å². The van der Waals surface area contributed by atoms with Gasteiger partial charge in [-0.2, -0.15) is 0 Å². The van der Waals surface area contributed by atoms with Crippen molar-refractivity contribution >= 4 is 5.91 Å². The number of likely N-dealkylation sites (N-methyl/N-ethyl adjacent to an activating group) is 1. The Morgan fingerprint density at radius 1 is 0.966 bits per heavy atom. The minimum atomic E-state index is 0.0225. The number of likely N-dealkylation sites (tertiary alicyclic amines) is 1. The average molecular weight is 395 g/mol. The molecule has 3 heterocycles. The minimum absolute atomic E-state index is 0.0225. The molecule has 0 atom stereocenters. The number of hydrogen-bond donors (Lipinski definition) is 0. The maximum Gasteiger partial charge on any atom is 0.272 e. The topological polar surface area (TPSA) is 48.9 Å². The summed E-state index contributed by atoms with van der Waals surface area (Å²) in [6, 6.07) is 13.2. The summed E-state index contributed by atoms with van der Waals surface area (Å²) in [5, 5.41) is 0. The van der Waals surface area contributed by atoms with Crippen molar-refractivity contribution in [2.45, 2.75) is 12.8 Å². The molecule has 0 bridgehead atoms. The van der Waals surface area contributed by atoms with Crippen molar-refractivity contribution in [1.82, 2.24) is 19.7 Å². The first-order chi connectivity index (χ1) is 14.2. The van der Waals surface area contributed by atoms with Crippen molar-refractivity contribution in [3.05, 3.63) is 54.4 Å². The molecule has 0 aliphatic carbocycles. The fraction of sp³-hybridized carbons (Fsp3) is 0.478. The highest BCUT2D eigenvalue weighted by atomic mass is 16.5. The molecule has 0 N–H and O–H groups in total. The van der Waals surface area contributed by atoms with Crippen molar-refractivity contribution < 1.29 is 9.53 Å². The predicted molar refractivity (Wildman–Crippen MR) is 113 cm³/mol. The lowest BCUT2D eigenvalue weighted by Crippen LogP contribution is -2.48. The van der Waals surface area contributed by atoms with Crippen molar-refractivity contribution in [3.63, 3.8) is 0 Å². The molecule has 2 aromatic rings. The Balaban J connectivity index is 1.26. The second-order valence-electron chi connectivity index (χ2n) is 8.13. The van der Waals surface area contributed by atoms with Crippen molar-refractivity contribution in [2.75, 3.05) is 52.9 Å². The standard InChI is InChI=1S/C23H30N4O2/c1-25-13-15-26(16-14-25)18-19-9-11-27(12-10-19)23(28)22-8-7-21(17-24-22)29-20-5-3-2-4-6-20/h2-8,17,19H,9-16,18H2,1H3. The zero-order valence-corrected chi connectivity index (χ0v) is 17.2. The highest BCUT2D eigenvalue weighted by molar-refractivity contribution is 5.92. The van der Waals surface area contributed by atoms with E-state index in [1.54, 1.807) is 12.3 Å². The Bertz CT molecular complexity index is 780. The number of pyridine rings is 1. The summed E-state index contributed by atoms with van der Waals surface area (Å²) >= 11 is 0. The van der Waals surface area contributed by atoms with Gasteiger partial charge in [-0.1, -0.05) is 18.2 Å². The molecule has 2 aliphatic heterocycles. The van der Waals surface area contributed by atoms with Crippen LogP contribution in [0.25, 0.3) is 0 Å². The monoisotopic (exact) mass is 394 g/mol. The van der Waals surface area contributed by atoms with Crippen LogP contribution in [-0.4, -0.2) is 78.5 Å². The van der Waals surface area contributed by atoms with Crippen LogP contribution in [0.3, 0.4) is 0 Å². The molecule has 1 aromatic carbocycles. The fourth-order valence-corrected chi connectivity index (χ4v) is 4.07. The number of piperazine rings is 1. The third-order valence-corrected chi connectivity index (χ3v) is 5.95. The fourth-order valence-electron chi connectivity index (χ4n) is 4.07. The van der Waals surface area contributed by atoms with E-state index in [4.69, 9.17) is 4.74 Å². The minimum Gasteiger partial charge on any atom is -0.456 e. The number of amides is 1. The molecule has 6 heteroatoms. The molecular weight excluding hydrogens is 364 g/mol. The first-order valence-corrected chi connectivity index (χ1v) is 10.6. The third-order valence-electron chi connectivity index (χ3n) is 5.95. The molecule has 2 fully saturated rings. The summed E-state index contributed by atoms with van der Waals surface area (Å²) in [6.07, 6.45) is 3.78. The molecule has 154 valence electrons. The molecular formula is C23H30N4O2. The molecule has 1 amide bonds. The Hall–Kier alpha value is -2.44. The maximum absolute atomic E-state index is 12.8. The van der Waals surface area contributed by atoms with Crippen LogP contribution in [0.2, 0.25) is 0 Å². The number of piperidine rings is 1. The molecule has 4 rings (SSSR count). The van der Waals surface area contributed by atoms with Gasteiger partial charge in [0.1, 0.15) is 17.2 Å². The van der Waals surface area contributed by atoms with Crippen LogP contribution in [0, 0.1) is 5.92 Å². The first kappa shape index (κ1) is 19.9. The van der Waals surface area contributed by atoms with E-state index in [1.165, 1.54) is 6.54 Å². The largest absolute Gasteiger partial charge is 0.456 e. The number of benzene rings is 1. The molecule has 0 radical (unpaired) electrons.